The van der Waals surface area contributed by atoms with Gasteiger partial charge in [0.05, 0.1) is 12.8 Å². The lowest BCUT2D eigenvalue weighted by atomic mass is 10.2. The van der Waals surface area contributed by atoms with Crippen LogP contribution in [0.3, 0.4) is 0 Å². The molecule has 0 radical (unpaired) electrons. The van der Waals surface area contributed by atoms with Crippen LogP contribution in [0.15, 0.2) is 48.5 Å². The molecule has 0 saturated carbocycles. The molecule has 7 nitrogen and oxygen atoms in total. The smallest absolute Gasteiger partial charge is 0.331 e. The first kappa shape index (κ1) is 17.1. The minimum absolute atomic E-state index is 0.120. The van der Waals surface area contributed by atoms with Gasteiger partial charge in [-0.2, -0.15) is 0 Å². The van der Waals surface area contributed by atoms with E-state index in [0.29, 0.717) is 22.9 Å². The molecule has 0 bridgehead atoms. The average molecular weight is 329 g/mol. The number of nitrogens with zero attached hydrogens (tertiary/aromatic N) is 1. The fourth-order valence-corrected chi connectivity index (χ4v) is 2.10. The van der Waals surface area contributed by atoms with Crippen molar-refractivity contribution >= 4 is 23.3 Å². The summed E-state index contributed by atoms with van der Waals surface area (Å²) in [5, 5.41) is 2.53. The highest BCUT2D eigenvalue weighted by molar-refractivity contribution is 6.13. The molecule has 2 aromatic carbocycles. The maximum absolute atomic E-state index is 12.3. The van der Waals surface area contributed by atoms with Gasteiger partial charge in [0.1, 0.15) is 0 Å². The van der Waals surface area contributed by atoms with Crippen LogP contribution in [0, 0.1) is 0 Å². The lowest BCUT2D eigenvalue weighted by molar-refractivity contribution is -0.115. The Kier molecular flexibility index (Phi) is 5.62. The molecule has 0 aliphatic rings. The van der Waals surface area contributed by atoms with Crippen LogP contribution < -0.4 is 25.4 Å². The third-order valence-electron chi connectivity index (χ3n) is 3.17. The monoisotopic (exact) mass is 329 g/mol. The van der Waals surface area contributed by atoms with Crippen molar-refractivity contribution < 1.29 is 19.1 Å². The molecule has 0 aliphatic carbocycles. The molecule has 126 valence electrons. The number of nitrogen functional groups attached to an aromatic ring is 1. The number of ether oxygens (including phenoxy) is 2. The van der Waals surface area contributed by atoms with Crippen molar-refractivity contribution in [2.45, 2.75) is 6.92 Å². The number of carbonyl (C=O) groups is 2. The first-order valence-electron chi connectivity index (χ1n) is 7.23. The summed E-state index contributed by atoms with van der Waals surface area (Å²) in [7, 11) is 1.53. The van der Waals surface area contributed by atoms with Gasteiger partial charge in [-0.15, -0.1) is 0 Å². The summed E-state index contributed by atoms with van der Waals surface area (Å²) in [6, 6.07) is 12.9. The van der Waals surface area contributed by atoms with E-state index in [4.69, 9.17) is 15.2 Å². The molecule has 0 fully saturated rings. The molecule has 2 aromatic rings. The van der Waals surface area contributed by atoms with E-state index in [-0.39, 0.29) is 6.73 Å². The van der Waals surface area contributed by atoms with Crippen LogP contribution in [0.5, 0.6) is 11.5 Å². The Hall–Kier alpha value is -3.22. The molecule has 0 saturated heterocycles. The SMILES string of the molecule is COc1ccccc1OCNC(=O)N(C(C)=O)c1cccc(N)c1. The number of hydrogen-bond acceptors (Lipinski definition) is 5. The van der Waals surface area contributed by atoms with Crippen LogP contribution in [0.25, 0.3) is 0 Å². The van der Waals surface area contributed by atoms with Gasteiger partial charge in [0.2, 0.25) is 5.91 Å². The Balaban J connectivity index is 2.03. The van der Waals surface area contributed by atoms with E-state index in [1.165, 1.54) is 14.0 Å². The summed E-state index contributed by atoms with van der Waals surface area (Å²) in [4.78, 5) is 25.1. The Morgan fingerprint density at radius 3 is 2.46 bits per heavy atom. The van der Waals surface area contributed by atoms with Gasteiger partial charge >= 0.3 is 6.03 Å². The standard InChI is InChI=1S/C17H19N3O4/c1-12(21)20(14-7-5-6-13(18)10-14)17(22)19-11-24-16-9-4-3-8-15(16)23-2/h3-10H,11,18H2,1-2H3,(H,19,22). The molecule has 0 unspecified atom stereocenters. The Morgan fingerprint density at radius 1 is 1.12 bits per heavy atom. The third-order valence-corrected chi connectivity index (χ3v) is 3.17. The van der Waals surface area contributed by atoms with E-state index in [1.54, 1.807) is 42.5 Å². The number of nitrogens with one attached hydrogen (secondary N) is 1. The van der Waals surface area contributed by atoms with Crippen molar-refractivity contribution in [1.82, 2.24) is 5.32 Å². The van der Waals surface area contributed by atoms with E-state index in [9.17, 15) is 9.59 Å². The molecule has 0 aromatic heterocycles. The molecular weight excluding hydrogens is 310 g/mol. The number of nitrogens with two attached hydrogens (primary N) is 1. The Labute approximate surface area is 140 Å². The average Bonchev–Trinajstić information content (AvgIpc) is 2.55. The van der Waals surface area contributed by atoms with Crippen molar-refractivity contribution in [3.05, 3.63) is 48.5 Å². The van der Waals surface area contributed by atoms with Crippen molar-refractivity contribution in [1.29, 1.82) is 0 Å². The number of carbonyl (C=O) groups excluding carboxylic acids is 2. The van der Waals surface area contributed by atoms with Gasteiger partial charge in [-0.25, -0.2) is 9.69 Å². The number of benzene rings is 2. The van der Waals surface area contributed by atoms with Crippen LogP contribution in [-0.4, -0.2) is 25.8 Å². The number of para-hydroxylation sites is 2. The summed E-state index contributed by atoms with van der Waals surface area (Å²) < 4.78 is 10.6. The van der Waals surface area contributed by atoms with E-state index in [2.05, 4.69) is 5.32 Å². The Bertz CT molecular complexity index is 733. The maximum Gasteiger partial charge on any atom is 0.331 e. The fraction of sp³-hybridized carbons (Fsp3) is 0.176. The molecular formula is C17H19N3O4. The number of anilines is 2. The van der Waals surface area contributed by atoms with Gasteiger partial charge in [-0.3, -0.25) is 4.79 Å². The minimum atomic E-state index is -0.608. The normalized spacial score (nSPS) is 9.92. The number of imide groups is 1. The second-order valence-corrected chi connectivity index (χ2v) is 4.87. The zero-order valence-corrected chi connectivity index (χ0v) is 13.5. The van der Waals surface area contributed by atoms with Gasteiger partial charge in [-0.05, 0) is 30.3 Å². The van der Waals surface area contributed by atoms with Crippen LogP contribution in [-0.2, 0) is 4.79 Å². The predicted molar refractivity (Wildman–Crippen MR) is 91.0 cm³/mol. The molecule has 0 aliphatic heterocycles. The Morgan fingerprint density at radius 2 is 1.83 bits per heavy atom. The molecule has 3 N–H and O–H groups in total. The number of rotatable bonds is 5. The van der Waals surface area contributed by atoms with Gasteiger partial charge in [0.25, 0.3) is 0 Å². The summed E-state index contributed by atoms with van der Waals surface area (Å²) in [6.45, 7) is 1.18. The lowest BCUT2D eigenvalue weighted by Crippen LogP contribution is -2.44. The largest absolute Gasteiger partial charge is 0.493 e. The minimum Gasteiger partial charge on any atom is -0.493 e. The van der Waals surface area contributed by atoms with Gasteiger partial charge in [0, 0.05) is 12.6 Å². The zero-order valence-electron chi connectivity index (χ0n) is 13.5. The lowest BCUT2D eigenvalue weighted by Gasteiger charge is -2.20. The molecule has 3 amide bonds. The highest BCUT2D eigenvalue weighted by Crippen LogP contribution is 2.25. The quantitative estimate of drug-likeness (QED) is 0.649. The number of methoxy groups -OCH3 is 1. The topological polar surface area (TPSA) is 93.9 Å². The second kappa shape index (κ2) is 7.87. The first-order valence-corrected chi connectivity index (χ1v) is 7.23. The predicted octanol–water partition coefficient (Wildman–Crippen LogP) is 2.38. The highest BCUT2D eigenvalue weighted by Gasteiger charge is 2.20. The second-order valence-electron chi connectivity index (χ2n) is 4.87. The maximum atomic E-state index is 12.3. The molecule has 24 heavy (non-hydrogen) atoms. The number of hydrogen-bond donors (Lipinski definition) is 2. The van der Waals surface area contributed by atoms with Crippen molar-refractivity contribution in [2.24, 2.45) is 0 Å². The molecule has 7 heteroatoms. The zero-order chi connectivity index (χ0) is 17.5. The van der Waals surface area contributed by atoms with Crippen molar-refractivity contribution in [3.63, 3.8) is 0 Å². The molecule has 0 atom stereocenters. The third kappa shape index (κ3) is 4.16. The molecule has 0 spiro atoms. The van der Waals surface area contributed by atoms with Gasteiger partial charge in [0.15, 0.2) is 18.2 Å². The van der Waals surface area contributed by atoms with Crippen molar-refractivity contribution in [3.8, 4) is 11.5 Å². The van der Waals surface area contributed by atoms with Crippen LogP contribution in [0.1, 0.15) is 6.92 Å². The van der Waals surface area contributed by atoms with E-state index in [0.717, 1.165) is 4.90 Å². The number of urea groups is 1. The highest BCUT2D eigenvalue weighted by atomic mass is 16.5. The summed E-state index contributed by atoms with van der Waals surface area (Å²) in [5.74, 6) is 0.597. The summed E-state index contributed by atoms with van der Waals surface area (Å²) >= 11 is 0. The van der Waals surface area contributed by atoms with E-state index < -0.39 is 11.9 Å². The fourth-order valence-electron chi connectivity index (χ4n) is 2.10. The summed E-state index contributed by atoms with van der Waals surface area (Å²) in [5.41, 5.74) is 6.54. The van der Waals surface area contributed by atoms with Crippen LogP contribution in [0.2, 0.25) is 0 Å². The van der Waals surface area contributed by atoms with Crippen LogP contribution >= 0.6 is 0 Å². The van der Waals surface area contributed by atoms with E-state index >= 15 is 0 Å². The first-order chi connectivity index (χ1) is 11.5. The van der Waals surface area contributed by atoms with Gasteiger partial charge in [-0.1, -0.05) is 18.2 Å². The van der Waals surface area contributed by atoms with Crippen LogP contribution in [0.4, 0.5) is 16.2 Å². The molecule has 0 heterocycles. The molecule has 2 rings (SSSR count). The number of amides is 3. The summed E-state index contributed by atoms with van der Waals surface area (Å²) in [6.07, 6.45) is 0. The van der Waals surface area contributed by atoms with E-state index in [1.807, 2.05) is 6.07 Å². The van der Waals surface area contributed by atoms with Gasteiger partial charge < -0.3 is 20.5 Å². The van der Waals surface area contributed by atoms with Crippen molar-refractivity contribution in [2.75, 3.05) is 24.5 Å².